The largest absolute Gasteiger partial charge is 0.325 e. The summed E-state index contributed by atoms with van der Waals surface area (Å²) in [7, 11) is 0. The lowest BCUT2D eigenvalue weighted by Gasteiger charge is -2.14. The van der Waals surface area contributed by atoms with Gasteiger partial charge in [0.25, 0.3) is 0 Å². The summed E-state index contributed by atoms with van der Waals surface area (Å²) in [5, 5.41) is 6.60. The number of halogens is 1. The van der Waals surface area contributed by atoms with Crippen LogP contribution in [0.4, 0.5) is 5.69 Å². The third kappa shape index (κ3) is 4.37. The summed E-state index contributed by atoms with van der Waals surface area (Å²) in [5.41, 5.74) is 1.86. The molecular formula is C16H17ClN2O. The van der Waals surface area contributed by atoms with Crippen molar-refractivity contribution in [1.29, 1.82) is 0 Å². The van der Waals surface area contributed by atoms with Crippen LogP contribution in [-0.4, -0.2) is 12.5 Å². The number of nitrogens with one attached hydrogen (secondary N) is 2. The molecule has 4 heteroatoms. The van der Waals surface area contributed by atoms with Crippen LogP contribution in [-0.2, 0) is 4.79 Å². The highest BCUT2D eigenvalue weighted by molar-refractivity contribution is 6.30. The minimum absolute atomic E-state index is 0.0879. The van der Waals surface area contributed by atoms with Gasteiger partial charge in [0, 0.05) is 16.8 Å². The first-order valence-electron chi connectivity index (χ1n) is 6.49. The number of carbonyl (C=O) groups is 1. The van der Waals surface area contributed by atoms with Gasteiger partial charge in [-0.15, -0.1) is 0 Å². The molecule has 2 N–H and O–H groups in total. The Balaban J connectivity index is 1.83. The van der Waals surface area contributed by atoms with Crippen LogP contribution < -0.4 is 10.6 Å². The van der Waals surface area contributed by atoms with E-state index in [2.05, 4.69) is 10.6 Å². The molecule has 0 aromatic heterocycles. The molecule has 0 spiro atoms. The topological polar surface area (TPSA) is 41.1 Å². The monoisotopic (exact) mass is 288 g/mol. The summed E-state index contributed by atoms with van der Waals surface area (Å²) in [6.07, 6.45) is 0. The SMILES string of the molecule is C[C@@H](NCC(=O)Nc1cccc(Cl)c1)c1ccccc1. The van der Waals surface area contributed by atoms with Gasteiger partial charge in [-0.1, -0.05) is 48.0 Å². The summed E-state index contributed by atoms with van der Waals surface area (Å²) >= 11 is 5.87. The molecule has 0 bridgehead atoms. The van der Waals surface area contributed by atoms with Gasteiger partial charge in [-0.05, 0) is 30.7 Å². The maximum atomic E-state index is 11.8. The van der Waals surface area contributed by atoms with Crippen LogP contribution in [0.1, 0.15) is 18.5 Å². The first-order valence-corrected chi connectivity index (χ1v) is 6.86. The van der Waals surface area contributed by atoms with Crippen LogP contribution in [0.15, 0.2) is 54.6 Å². The van der Waals surface area contributed by atoms with E-state index in [4.69, 9.17) is 11.6 Å². The molecule has 0 unspecified atom stereocenters. The van der Waals surface area contributed by atoms with Crippen molar-refractivity contribution in [3.8, 4) is 0 Å². The summed E-state index contributed by atoms with van der Waals surface area (Å²) in [4.78, 5) is 11.8. The summed E-state index contributed by atoms with van der Waals surface area (Å²) < 4.78 is 0. The minimum Gasteiger partial charge on any atom is -0.325 e. The Hall–Kier alpha value is -1.84. The summed E-state index contributed by atoms with van der Waals surface area (Å²) in [6, 6.07) is 17.2. The molecule has 0 radical (unpaired) electrons. The first-order chi connectivity index (χ1) is 9.65. The van der Waals surface area contributed by atoms with Crippen molar-refractivity contribution >= 4 is 23.2 Å². The zero-order chi connectivity index (χ0) is 14.4. The first kappa shape index (κ1) is 14.6. The fraction of sp³-hybridized carbons (Fsp3) is 0.188. The van der Waals surface area contributed by atoms with Gasteiger partial charge in [-0.3, -0.25) is 4.79 Å². The molecule has 0 aliphatic carbocycles. The van der Waals surface area contributed by atoms with Crippen LogP contribution in [0.5, 0.6) is 0 Å². The third-order valence-corrected chi connectivity index (χ3v) is 3.21. The Morgan fingerprint density at radius 2 is 1.90 bits per heavy atom. The van der Waals surface area contributed by atoms with E-state index in [1.165, 1.54) is 0 Å². The van der Waals surface area contributed by atoms with Gasteiger partial charge in [0.15, 0.2) is 0 Å². The highest BCUT2D eigenvalue weighted by atomic mass is 35.5. The van der Waals surface area contributed by atoms with E-state index in [0.29, 0.717) is 10.7 Å². The number of carbonyl (C=O) groups excluding carboxylic acids is 1. The number of hydrogen-bond acceptors (Lipinski definition) is 2. The highest BCUT2D eigenvalue weighted by Gasteiger charge is 2.07. The molecule has 0 saturated carbocycles. The molecule has 0 heterocycles. The van der Waals surface area contributed by atoms with Gasteiger partial charge in [-0.2, -0.15) is 0 Å². The highest BCUT2D eigenvalue weighted by Crippen LogP contribution is 2.15. The number of benzene rings is 2. The molecule has 1 atom stereocenters. The maximum Gasteiger partial charge on any atom is 0.238 e. The standard InChI is InChI=1S/C16H17ClN2O/c1-12(13-6-3-2-4-7-13)18-11-16(20)19-15-9-5-8-14(17)10-15/h2-10,12,18H,11H2,1H3,(H,19,20)/t12-/m1/s1. The predicted octanol–water partition coefficient (Wildman–Crippen LogP) is 3.63. The van der Waals surface area contributed by atoms with Crippen molar-refractivity contribution in [2.24, 2.45) is 0 Å². The van der Waals surface area contributed by atoms with E-state index < -0.39 is 0 Å². The van der Waals surface area contributed by atoms with Gasteiger partial charge >= 0.3 is 0 Å². The van der Waals surface area contributed by atoms with Crippen molar-refractivity contribution in [3.63, 3.8) is 0 Å². The molecule has 0 aliphatic rings. The Kier molecular flexibility index (Phi) is 5.16. The molecule has 2 aromatic rings. The van der Waals surface area contributed by atoms with Crippen LogP contribution in [0.2, 0.25) is 5.02 Å². The van der Waals surface area contributed by atoms with Gasteiger partial charge in [0.2, 0.25) is 5.91 Å². The Morgan fingerprint density at radius 3 is 2.60 bits per heavy atom. The molecule has 104 valence electrons. The van der Waals surface area contributed by atoms with E-state index in [9.17, 15) is 4.79 Å². The van der Waals surface area contributed by atoms with E-state index in [0.717, 1.165) is 5.56 Å². The van der Waals surface area contributed by atoms with E-state index in [-0.39, 0.29) is 18.5 Å². The molecule has 2 aromatic carbocycles. The second kappa shape index (κ2) is 7.08. The third-order valence-electron chi connectivity index (χ3n) is 2.98. The van der Waals surface area contributed by atoms with Crippen molar-refractivity contribution in [1.82, 2.24) is 5.32 Å². The van der Waals surface area contributed by atoms with Crippen LogP contribution in [0, 0.1) is 0 Å². The van der Waals surface area contributed by atoms with E-state index >= 15 is 0 Å². The second-order valence-electron chi connectivity index (χ2n) is 4.57. The number of rotatable bonds is 5. The normalized spacial score (nSPS) is 11.9. The Labute approximate surface area is 124 Å². The second-order valence-corrected chi connectivity index (χ2v) is 5.01. The van der Waals surface area contributed by atoms with Crippen LogP contribution >= 0.6 is 11.6 Å². The fourth-order valence-electron chi connectivity index (χ4n) is 1.88. The van der Waals surface area contributed by atoms with Gasteiger partial charge in [-0.25, -0.2) is 0 Å². The maximum absolute atomic E-state index is 11.8. The molecule has 3 nitrogen and oxygen atoms in total. The Morgan fingerprint density at radius 1 is 1.15 bits per heavy atom. The van der Waals surface area contributed by atoms with Crippen LogP contribution in [0.3, 0.4) is 0 Å². The van der Waals surface area contributed by atoms with Crippen molar-refractivity contribution < 1.29 is 4.79 Å². The lowest BCUT2D eigenvalue weighted by Crippen LogP contribution is -2.30. The number of hydrogen-bond donors (Lipinski definition) is 2. The van der Waals surface area contributed by atoms with Crippen molar-refractivity contribution in [2.45, 2.75) is 13.0 Å². The average Bonchev–Trinajstić information content (AvgIpc) is 2.46. The summed E-state index contributed by atoms with van der Waals surface area (Å²) in [5.74, 6) is -0.0879. The number of anilines is 1. The minimum atomic E-state index is -0.0879. The van der Waals surface area contributed by atoms with Crippen molar-refractivity contribution in [3.05, 3.63) is 65.2 Å². The molecule has 1 amide bonds. The van der Waals surface area contributed by atoms with Gasteiger partial charge < -0.3 is 10.6 Å². The smallest absolute Gasteiger partial charge is 0.238 e. The predicted molar refractivity (Wildman–Crippen MR) is 82.9 cm³/mol. The average molecular weight is 289 g/mol. The summed E-state index contributed by atoms with van der Waals surface area (Å²) in [6.45, 7) is 2.28. The van der Waals surface area contributed by atoms with Gasteiger partial charge in [0.1, 0.15) is 0 Å². The molecule has 0 saturated heterocycles. The zero-order valence-corrected chi connectivity index (χ0v) is 12.0. The van der Waals surface area contributed by atoms with Gasteiger partial charge in [0.05, 0.1) is 6.54 Å². The quantitative estimate of drug-likeness (QED) is 0.882. The molecule has 0 fully saturated rings. The van der Waals surface area contributed by atoms with E-state index in [1.54, 1.807) is 18.2 Å². The zero-order valence-electron chi connectivity index (χ0n) is 11.3. The van der Waals surface area contributed by atoms with Crippen LogP contribution in [0.25, 0.3) is 0 Å². The number of amides is 1. The fourth-order valence-corrected chi connectivity index (χ4v) is 2.07. The molecular weight excluding hydrogens is 272 g/mol. The molecule has 0 aliphatic heterocycles. The molecule has 20 heavy (non-hydrogen) atoms. The van der Waals surface area contributed by atoms with E-state index in [1.807, 2.05) is 43.3 Å². The lowest BCUT2D eigenvalue weighted by atomic mass is 10.1. The Bertz CT molecular complexity index is 572. The van der Waals surface area contributed by atoms with Crippen molar-refractivity contribution in [2.75, 3.05) is 11.9 Å². The lowest BCUT2D eigenvalue weighted by molar-refractivity contribution is -0.115. The molecule has 2 rings (SSSR count).